The third kappa shape index (κ3) is 4.15. The standard InChI is InChI=1S/C25H35N7O2/c33-17-13-18-20(14-17)26-25(32-12-6-9-21(32)24(34)31-10-4-1-5-11-31)28-23(18)27-22-15-19(29-30-22)16-7-2-3-8-16/h15-17,21,33H,1-14H2,(H2,26,27,28,29,30)/t17-,21+/m1/s1. The van der Waals surface area contributed by atoms with Gasteiger partial charge in [0.25, 0.3) is 0 Å². The molecule has 1 saturated carbocycles. The Morgan fingerprint density at radius 3 is 2.65 bits per heavy atom. The maximum Gasteiger partial charge on any atom is 0.245 e. The number of aromatic amines is 1. The van der Waals surface area contributed by atoms with Crippen molar-refractivity contribution < 1.29 is 9.90 Å². The highest BCUT2D eigenvalue weighted by atomic mass is 16.3. The van der Waals surface area contributed by atoms with E-state index in [1.807, 2.05) is 4.90 Å². The molecule has 2 aromatic heterocycles. The molecule has 3 fully saturated rings. The van der Waals surface area contributed by atoms with Crippen molar-refractivity contribution >= 4 is 23.5 Å². The van der Waals surface area contributed by atoms with Gasteiger partial charge >= 0.3 is 0 Å². The zero-order valence-electron chi connectivity index (χ0n) is 19.8. The van der Waals surface area contributed by atoms with Crippen LogP contribution in [-0.2, 0) is 17.6 Å². The topological polar surface area (TPSA) is 110 Å². The van der Waals surface area contributed by atoms with E-state index < -0.39 is 6.10 Å². The summed E-state index contributed by atoms with van der Waals surface area (Å²) in [5.74, 6) is 2.82. The number of aliphatic hydroxyl groups is 1. The predicted molar refractivity (Wildman–Crippen MR) is 129 cm³/mol. The number of nitrogens with one attached hydrogen (secondary N) is 2. The Bertz CT molecular complexity index is 1040. The Balaban J connectivity index is 1.27. The lowest BCUT2D eigenvalue weighted by molar-refractivity contribution is -0.133. The van der Waals surface area contributed by atoms with Crippen molar-refractivity contribution in [2.24, 2.45) is 0 Å². The van der Waals surface area contributed by atoms with Crippen LogP contribution in [0.25, 0.3) is 0 Å². The van der Waals surface area contributed by atoms with Crippen LogP contribution in [0.3, 0.4) is 0 Å². The first-order valence-electron chi connectivity index (χ1n) is 13.1. The van der Waals surface area contributed by atoms with Gasteiger partial charge in [0.05, 0.1) is 11.8 Å². The number of hydrogen-bond donors (Lipinski definition) is 3. The molecule has 4 aliphatic rings. The average molecular weight is 466 g/mol. The number of piperidine rings is 1. The Labute approximate surface area is 200 Å². The number of carbonyl (C=O) groups excluding carboxylic acids is 1. The molecule has 0 bridgehead atoms. The molecule has 6 rings (SSSR count). The Hall–Kier alpha value is -2.68. The van der Waals surface area contributed by atoms with E-state index in [-0.39, 0.29) is 11.9 Å². The highest BCUT2D eigenvalue weighted by Crippen LogP contribution is 2.36. The summed E-state index contributed by atoms with van der Waals surface area (Å²) in [6.45, 7) is 2.49. The summed E-state index contributed by atoms with van der Waals surface area (Å²) in [6, 6.07) is 1.89. The first-order valence-corrected chi connectivity index (χ1v) is 13.1. The summed E-state index contributed by atoms with van der Waals surface area (Å²) in [5, 5.41) is 21.5. The van der Waals surface area contributed by atoms with Gasteiger partial charge in [0.1, 0.15) is 11.9 Å². The zero-order chi connectivity index (χ0) is 23.1. The number of amides is 1. The number of hydrogen-bond acceptors (Lipinski definition) is 7. The molecule has 0 unspecified atom stereocenters. The van der Waals surface area contributed by atoms with E-state index in [2.05, 4.69) is 26.5 Å². The van der Waals surface area contributed by atoms with Gasteiger partial charge in [0.15, 0.2) is 5.82 Å². The Morgan fingerprint density at radius 2 is 1.82 bits per heavy atom. The lowest BCUT2D eigenvalue weighted by Crippen LogP contribution is -2.48. The van der Waals surface area contributed by atoms with Gasteiger partial charge in [-0.2, -0.15) is 10.1 Å². The van der Waals surface area contributed by atoms with E-state index in [0.717, 1.165) is 62.4 Å². The van der Waals surface area contributed by atoms with Crippen molar-refractivity contribution in [2.45, 2.75) is 88.7 Å². The molecular weight excluding hydrogens is 430 g/mol. The summed E-state index contributed by atoms with van der Waals surface area (Å²) in [7, 11) is 0. The van der Waals surface area contributed by atoms with Crippen LogP contribution < -0.4 is 10.2 Å². The molecule has 2 aliphatic heterocycles. The quantitative estimate of drug-likeness (QED) is 0.622. The van der Waals surface area contributed by atoms with Crippen LogP contribution in [-0.4, -0.2) is 67.9 Å². The van der Waals surface area contributed by atoms with Crippen molar-refractivity contribution in [3.8, 4) is 0 Å². The number of fused-ring (bicyclic) bond motifs is 1. The van der Waals surface area contributed by atoms with Crippen LogP contribution in [0.2, 0.25) is 0 Å². The molecule has 34 heavy (non-hydrogen) atoms. The van der Waals surface area contributed by atoms with Gasteiger partial charge in [0.2, 0.25) is 11.9 Å². The van der Waals surface area contributed by atoms with Crippen LogP contribution in [0.5, 0.6) is 0 Å². The fraction of sp³-hybridized carbons (Fsp3) is 0.680. The van der Waals surface area contributed by atoms with Gasteiger partial charge in [-0.3, -0.25) is 9.89 Å². The third-order valence-corrected chi connectivity index (χ3v) is 8.05. The van der Waals surface area contributed by atoms with Gasteiger partial charge in [-0.05, 0) is 44.9 Å². The lowest BCUT2D eigenvalue weighted by Gasteiger charge is -2.32. The van der Waals surface area contributed by atoms with Crippen LogP contribution in [0.15, 0.2) is 6.07 Å². The van der Waals surface area contributed by atoms with E-state index in [9.17, 15) is 9.90 Å². The number of likely N-dealkylation sites (tertiary alicyclic amines) is 1. The minimum Gasteiger partial charge on any atom is -0.392 e. The van der Waals surface area contributed by atoms with Crippen molar-refractivity contribution in [3.63, 3.8) is 0 Å². The van der Waals surface area contributed by atoms with Crippen LogP contribution in [0, 0.1) is 0 Å². The van der Waals surface area contributed by atoms with Gasteiger partial charge in [-0.15, -0.1) is 0 Å². The Morgan fingerprint density at radius 1 is 1.00 bits per heavy atom. The first-order chi connectivity index (χ1) is 16.7. The number of nitrogens with zero attached hydrogens (tertiary/aromatic N) is 5. The molecule has 0 spiro atoms. The molecule has 2 aliphatic carbocycles. The van der Waals surface area contributed by atoms with E-state index >= 15 is 0 Å². The minimum absolute atomic E-state index is 0.199. The molecule has 4 heterocycles. The molecule has 2 atom stereocenters. The summed E-state index contributed by atoms with van der Waals surface area (Å²) in [6.07, 6.45) is 10.8. The number of rotatable bonds is 5. The number of aliphatic hydroxyl groups excluding tert-OH is 1. The van der Waals surface area contributed by atoms with E-state index in [4.69, 9.17) is 9.97 Å². The molecule has 2 aromatic rings. The van der Waals surface area contributed by atoms with Crippen LogP contribution >= 0.6 is 0 Å². The maximum atomic E-state index is 13.3. The molecule has 3 N–H and O–H groups in total. The molecule has 0 radical (unpaired) electrons. The van der Waals surface area contributed by atoms with Gasteiger partial charge in [0, 0.05) is 55.7 Å². The molecule has 182 valence electrons. The monoisotopic (exact) mass is 465 g/mol. The predicted octanol–water partition coefficient (Wildman–Crippen LogP) is 3.04. The highest BCUT2D eigenvalue weighted by molar-refractivity contribution is 5.85. The van der Waals surface area contributed by atoms with Crippen LogP contribution in [0.4, 0.5) is 17.6 Å². The van der Waals surface area contributed by atoms with E-state index in [0.29, 0.717) is 30.5 Å². The smallest absolute Gasteiger partial charge is 0.245 e. The van der Waals surface area contributed by atoms with Crippen molar-refractivity contribution in [3.05, 3.63) is 23.0 Å². The Kier molecular flexibility index (Phi) is 5.89. The van der Waals surface area contributed by atoms with Crippen molar-refractivity contribution in [1.29, 1.82) is 0 Å². The summed E-state index contributed by atoms with van der Waals surface area (Å²) in [4.78, 5) is 27.2. The third-order valence-electron chi connectivity index (χ3n) is 8.05. The average Bonchev–Trinajstić information content (AvgIpc) is 3.65. The summed E-state index contributed by atoms with van der Waals surface area (Å²) in [5.41, 5.74) is 3.01. The zero-order valence-corrected chi connectivity index (χ0v) is 19.8. The number of carbonyl (C=O) groups is 1. The van der Waals surface area contributed by atoms with Gasteiger partial charge in [-0.25, -0.2) is 4.98 Å². The van der Waals surface area contributed by atoms with Crippen molar-refractivity contribution in [1.82, 2.24) is 25.1 Å². The van der Waals surface area contributed by atoms with Crippen molar-refractivity contribution in [2.75, 3.05) is 29.9 Å². The maximum absolute atomic E-state index is 13.3. The number of anilines is 3. The minimum atomic E-state index is -0.447. The number of H-pyrrole nitrogens is 1. The molecule has 9 nitrogen and oxygen atoms in total. The largest absolute Gasteiger partial charge is 0.392 e. The SMILES string of the molecule is O=C([C@@H]1CCCN1c1nc2c(c(Nc3cc(C4CCCC4)[nH]n3)n1)C[C@@H](O)C2)N1CCCCC1. The molecule has 1 amide bonds. The normalized spacial score (nSPS) is 25.2. The number of aromatic nitrogens is 4. The summed E-state index contributed by atoms with van der Waals surface area (Å²) >= 11 is 0. The lowest BCUT2D eigenvalue weighted by atomic mass is 10.0. The fourth-order valence-electron chi connectivity index (χ4n) is 6.22. The molecule has 9 heteroatoms. The van der Waals surface area contributed by atoms with E-state index in [1.165, 1.54) is 37.8 Å². The second-order valence-electron chi connectivity index (χ2n) is 10.4. The second kappa shape index (κ2) is 9.17. The van der Waals surface area contributed by atoms with E-state index in [1.54, 1.807) is 0 Å². The molecule has 0 aromatic carbocycles. The second-order valence-corrected chi connectivity index (χ2v) is 10.4. The van der Waals surface area contributed by atoms with Gasteiger partial charge in [-0.1, -0.05) is 12.8 Å². The highest BCUT2D eigenvalue weighted by Gasteiger charge is 2.37. The van der Waals surface area contributed by atoms with Gasteiger partial charge < -0.3 is 20.2 Å². The summed E-state index contributed by atoms with van der Waals surface area (Å²) < 4.78 is 0. The molecule has 2 saturated heterocycles. The molecular formula is C25H35N7O2. The van der Waals surface area contributed by atoms with Crippen LogP contribution in [0.1, 0.15) is 80.7 Å². The fourth-order valence-corrected chi connectivity index (χ4v) is 6.22. The first kappa shape index (κ1) is 21.8.